The van der Waals surface area contributed by atoms with Crippen LogP contribution in [0.4, 0.5) is 0 Å². The Kier molecular flexibility index (Phi) is 4.70. The molecule has 1 fully saturated rings. The van der Waals surface area contributed by atoms with E-state index in [0.29, 0.717) is 18.6 Å². The third-order valence-corrected chi connectivity index (χ3v) is 2.83. The minimum absolute atomic E-state index is 0.316. The van der Waals surface area contributed by atoms with Crippen molar-refractivity contribution < 1.29 is 5.11 Å². The van der Waals surface area contributed by atoms with Crippen molar-refractivity contribution in [1.29, 1.82) is 0 Å². The monoisotopic (exact) mass is 186 g/mol. The van der Waals surface area contributed by atoms with E-state index in [9.17, 15) is 0 Å². The number of aliphatic hydroxyl groups is 1. The quantitative estimate of drug-likeness (QED) is 0.663. The molecule has 0 aliphatic carbocycles. The van der Waals surface area contributed by atoms with E-state index in [0.717, 1.165) is 32.6 Å². The van der Waals surface area contributed by atoms with Crippen LogP contribution in [0.25, 0.3) is 0 Å². The second-order valence-corrected chi connectivity index (χ2v) is 4.16. The Morgan fingerprint density at radius 1 is 1.31 bits per heavy atom. The number of aliphatic hydroxyl groups excluding tert-OH is 1. The van der Waals surface area contributed by atoms with Crippen LogP contribution in [-0.2, 0) is 0 Å². The zero-order valence-corrected chi connectivity index (χ0v) is 8.79. The van der Waals surface area contributed by atoms with Gasteiger partial charge in [-0.3, -0.25) is 4.90 Å². The van der Waals surface area contributed by atoms with Gasteiger partial charge in [0.2, 0.25) is 0 Å². The maximum absolute atomic E-state index is 8.95. The Morgan fingerprint density at radius 3 is 2.46 bits per heavy atom. The molecule has 2 atom stereocenters. The largest absolute Gasteiger partial charge is 0.396 e. The Hall–Kier alpha value is -0.120. The number of hydrogen-bond donors (Lipinski definition) is 2. The van der Waals surface area contributed by atoms with E-state index in [1.165, 1.54) is 0 Å². The van der Waals surface area contributed by atoms with Crippen molar-refractivity contribution in [3.63, 3.8) is 0 Å². The number of rotatable bonds is 4. The molecule has 2 unspecified atom stereocenters. The summed E-state index contributed by atoms with van der Waals surface area (Å²) in [5.41, 5.74) is 0. The molecule has 0 saturated carbocycles. The van der Waals surface area contributed by atoms with Crippen molar-refractivity contribution in [3.05, 3.63) is 0 Å². The minimum Gasteiger partial charge on any atom is -0.396 e. The first-order valence-corrected chi connectivity index (χ1v) is 5.29. The molecule has 1 saturated heterocycles. The van der Waals surface area contributed by atoms with Gasteiger partial charge in [-0.25, -0.2) is 0 Å². The molecule has 3 nitrogen and oxygen atoms in total. The summed E-state index contributed by atoms with van der Waals surface area (Å²) in [6, 6.07) is 0.615. The van der Waals surface area contributed by atoms with Crippen LogP contribution in [-0.4, -0.2) is 48.8 Å². The zero-order chi connectivity index (χ0) is 9.68. The van der Waals surface area contributed by atoms with E-state index in [1.807, 2.05) is 0 Å². The summed E-state index contributed by atoms with van der Waals surface area (Å²) in [7, 11) is 0. The van der Waals surface area contributed by atoms with Gasteiger partial charge in [-0.1, -0.05) is 6.92 Å². The molecular weight excluding hydrogens is 164 g/mol. The van der Waals surface area contributed by atoms with Crippen LogP contribution in [0.3, 0.4) is 0 Å². The summed E-state index contributed by atoms with van der Waals surface area (Å²) in [6.07, 6.45) is 1.11. The molecule has 78 valence electrons. The molecule has 1 aliphatic heterocycles. The Labute approximate surface area is 81.1 Å². The summed E-state index contributed by atoms with van der Waals surface area (Å²) in [5.74, 6) is 0.435. The van der Waals surface area contributed by atoms with Gasteiger partial charge in [-0.05, 0) is 19.3 Å². The molecule has 1 heterocycles. The lowest BCUT2D eigenvalue weighted by atomic mass is 10.0. The first-order chi connectivity index (χ1) is 6.24. The standard InChI is InChI=1S/C10H22N2O/c1-9(8-13)7-10(2)12-5-3-11-4-6-12/h9-11,13H,3-8H2,1-2H3. The Bertz CT molecular complexity index is 135. The van der Waals surface area contributed by atoms with Gasteiger partial charge >= 0.3 is 0 Å². The number of nitrogens with one attached hydrogen (secondary N) is 1. The molecule has 1 aliphatic rings. The van der Waals surface area contributed by atoms with E-state index < -0.39 is 0 Å². The lowest BCUT2D eigenvalue weighted by molar-refractivity contribution is 0.141. The highest BCUT2D eigenvalue weighted by Gasteiger charge is 2.17. The van der Waals surface area contributed by atoms with E-state index in [1.54, 1.807) is 0 Å². The van der Waals surface area contributed by atoms with Gasteiger partial charge in [0.1, 0.15) is 0 Å². The van der Waals surface area contributed by atoms with Crippen LogP contribution < -0.4 is 5.32 Å². The van der Waals surface area contributed by atoms with Crippen LogP contribution >= 0.6 is 0 Å². The summed E-state index contributed by atoms with van der Waals surface area (Å²) in [6.45, 7) is 9.21. The van der Waals surface area contributed by atoms with Crippen LogP contribution in [0.1, 0.15) is 20.3 Å². The topological polar surface area (TPSA) is 35.5 Å². The minimum atomic E-state index is 0.316. The summed E-state index contributed by atoms with van der Waals surface area (Å²) in [5, 5.41) is 12.3. The van der Waals surface area contributed by atoms with Gasteiger partial charge in [0.15, 0.2) is 0 Å². The number of piperazine rings is 1. The average molecular weight is 186 g/mol. The second kappa shape index (κ2) is 5.58. The molecule has 3 heteroatoms. The van der Waals surface area contributed by atoms with Gasteiger partial charge in [0.25, 0.3) is 0 Å². The Morgan fingerprint density at radius 2 is 1.92 bits per heavy atom. The van der Waals surface area contributed by atoms with Crippen LogP contribution in [0.2, 0.25) is 0 Å². The molecule has 0 spiro atoms. The summed E-state index contributed by atoms with van der Waals surface area (Å²) in [4.78, 5) is 2.50. The summed E-state index contributed by atoms with van der Waals surface area (Å²) < 4.78 is 0. The van der Waals surface area contributed by atoms with Crippen LogP contribution in [0, 0.1) is 5.92 Å². The molecule has 0 aromatic carbocycles. The second-order valence-electron chi connectivity index (χ2n) is 4.16. The van der Waals surface area contributed by atoms with Crippen LogP contribution in [0.5, 0.6) is 0 Å². The molecule has 13 heavy (non-hydrogen) atoms. The lowest BCUT2D eigenvalue weighted by Gasteiger charge is -2.33. The molecule has 0 radical (unpaired) electrons. The fourth-order valence-electron chi connectivity index (χ4n) is 1.93. The molecule has 0 aromatic heterocycles. The average Bonchev–Trinajstić information content (AvgIpc) is 2.19. The van der Waals surface area contributed by atoms with Gasteiger partial charge in [-0.2, -0.15) is 0 Å². The Balaban J connectivity index is 2.24. The first kappa shape index (κ1) is 11.0. The molecule has 0 amide bonds. The van der Waals surface area contributed by atoms with Crippen LogP contribution in [0.15, 0.2) is 0 Å². The molecule has 0 aromatic rings. The normalized spacial score (nSPS) is 24.2. The molecular formula is C10H22N2O. The highest BCUT2D eigenvalue weighted by Crippen LogP contribution is 2.11. The maximum atomic E-state index is 8.95. The van der Waals surface area contributed by atoms with Gasteiger partial charge in [-0.15, -0.1) is 0 Å². The van der Waals surface area contributed by atoms with E-state index in [4.69, 9.17) is 5.11 Å². The molecule has 0 bridgehead atoms. The predicted molar refractivity (Wildman–Crippen MR) is 54.8 cm³/mol. The van der Waals surface area contributed by atoms with E-state index in [2.05, 4.69) is 24.1 Å². The smallest absolute Gasteiger partial charge is 0.0457 e. The highest BCUT2D eigenvalue weighted by molar-refractivity contribution is 4.74. The zero-order valence-electron chi connectivity index (χ0n) is 8.79. The third-order valence-electron chi connectivity index (χ3n) is 2.83. The van der Waals surface area contributed by atoms with E-state index in [-0.39, 0.29) is 0 Å². The fourth-order valence-corrected chi connectivity index (χ4v) is 1.93. The van der Waals surface area contributed by atoms with Crippen molar-refractivity contribution in [2.45, 2.75) is 26.3 Å². The van der Waals surface area contributed by atoms with E-state index >= 15 is 0 Å². The van der Waals surface area contributed by atoms with Gasteiger partial charge in [0.05, 0.1) is 0 Å². The van der Waals surface area contributed by atoms with Gasteiger partial charge in [0, 0.05) is 38.8 Å². The summed E-state index contributed by atoms with van der Waals surface area (Å²) >= 11 is 0. The van der Waals surface area contributed by atoms with Crippen molar-refractivity contribution in [2.75, 3.05) is 32.8 Å². The lowest BCUT2D eigenvalue weighted by Crippen LogP contribution is -2.47. The van der Waals surface area contributed by atoms with Gasteiger partial charge < -0.3 is 10.4 Å². The predicted octanol–water partition coefficient (Wildman–Crippen LogP) is 0.299. The van der Waals surface area contributed by atoms with Crippen molar-refractivity contribution in [1.82, 2.24) is 10.2 Å². The van der Waals surface area contributed by atoms with Crippen molar-refractivity contribution in [3.8, 4) is 0 Å². The fraction of sp³-hybridized carbons (Fsp3) is 1.00. The van der Waals surface area contributed by atoms with Crippen molar-refractivity contribution >= 4 is 0 Å². The molecule has 1 rings (SSSR count). The number of nitrogens with zero attached hydrogens (tertiary/aromatic N) is 1. The third kappa shape index (κ3) is 3.63. The highest BCUT2D eigenvalue weighted by atomic mass is 16.3. The maximum Gasteiger partial charge on any atom is 0.0457 e. The SMILES string of the molecule is CC(CO)CC(C)N1CCNCC1. The number of hydrogen-bond acceptors (Lipinski definition) is 3. The van der Waals surface area contributed by atoms with Crippen molar-refractivity contribution in [2.24, 2.45) is 5.92 Å². The molecule has 2 N–H and O–H groups in total. The first-order valence-electron chi connectivity index (χ1n) is 5.29.